The molecule has 10 rings (SSSR count). The molecule has 0 bridgehead atoms. The lowest BCUT2D eigenvalue weighted by Crippen LogP contribution is -2.57. The molecule has 0 aliphatic carbocycles. The Bertz CT molecular complexity index is 2770. The predicted octanol–water partition coefficient (Wildman–Crippen LogP) is 15.1. The van der Waals surface area contributed by atoms with Gasteiger partial charge in [-0.15, -0.1) is 0 Å². The van der Waals surface area contributed by atoms with Gasteiger partial charge in [-0.2, -0.15) is 0 Å². The molecule has 0 atom stereocenters. The Kier molecular flexibility index (Phi) is 10.1. The molecular formula is C61H65BN2O. The standard InChI is InChI=1S/C61H65BN2O/c1-35(2)42-31-45(36(3)4)59(46(32-42)37(5)6)62-51-21-19-43(63-53-23-15-38(7)27-47(53)60(11,12)48-28-39(8)16-24-54(48)63)33-57(51)65-58-34-44(20-22-52(58)62)64-55-25-17-40(9)29-49(55)61(13,14)50-30-41(10)18-26-56(50)64/h15-37H,1-14H3. The van der Waals surface area contributed by atoms with Gasteiger partial charge in [0.2, 0.25) is 0 Å². The number of rotatable bonds is 6. The SMILES string of the molecule is Cc1ccc2c(c1)C(C)(C)c1cc(C)ccc1N2c1ccc2c(c1)Oc1cc(N3c4ccc(C)cc4C(C)(C)c4cc(C)ccc43)ccc1B2c1c(C(C)C)cc(C(C)C)cc1C(C)C. The van der Waals surface area contributed by atoms with Crippen LogP contribution in [0.15, 0.2) is 121 Å². The molecule has 0 fully saturated rings. The summed E-state index contributed by atoms with van der Waals surface area (Å²) in [7, 11) is 0. The van der Waals surface area contributed by atoms with Crippen LogP contribution in [-0.4, -0.2) is 6.71 Å². The van der Waals surface area contributed by atoms with Gasteiger partial charge in [0.15, 0.2) is 0 Å². The molecule has 0 spiro atoms. The monoisotopic (exact) mass is 853 g/mol. The summed E-state index contributed by atoms with van der Waals surface area (Å²) in [4.78, 5) is 4.95. The summed E-state index contributed by atoms with van der Waals surface area (Å²) < 4.78 is 7.41. The molecule has 0 aromatic heterocycles. The van der Waals surface area contributed by atoms with Gasteiger partial charge >= 0.3 is 0 Å². The van der Waals surface area contributed by atoms with Gasteiger partial charge in [0.1, 0.15) is 11.5 Å². The Balaban J connectivity index is 1.22. The number of fused-ring (bicyclic) bond motifs is 6. The molecule has 3 aliphatic rings. The van der Waals surface area contributed by atoms with E-state index in [2.05, 4.69) is 228 Å². The van der Waals surface area contributed by atoms with Crippen LogP contribution in [0.1, 0.15) is 148 Å². The Morgan fingerprint density at radius 3 is 1.06 bits per heavy atom. The van der Waals surface area contributed by atoms with Gasteiger partial charge in [0.05, 0.1) is 22.7 Å². The van der Waals surface area contributed by atoms with Crippen molar-refractivity contribution >= 4 is 57.2 Å². The zero-order valence-electron chi connectivity index (χ0n) is 41.2. The first-order valence-corrected chi connectivity index (χ1v) is 24.0. The quantitative estimate of drug-likeness (QED) is 0.155. The maximum Gasteiger partial charge on any atom is 0.251 e. The van der Waals surface area contributed by atoms with E-state index < -0.39 is 0 Å². The zero-order valence-corrected chi connectivity index (χ0v) is 41.2. The highest BCUT2D eigenvalue weighted by Crippen LogP contribution is 2.54. The fraction of sp³-hybridized carbons (Fsp3) is 0.311. The number of benzene rings is 7. The minimum Gasteiger partial charge on any atom is -0.458 e. The predicted molar refractivity (Wildman–Crippen MR) is 279 cm³/mol. The average molecular weight is 853 g/mol. The van der Waals surface area contributed by atoms with Crippen LogP contribution in [0, 0.1) is 27.7 Å². The first-order valence-electron chi connectivity index (χ1n) is 24.0. The summed E-state index contributed by atoms with van der Waals surface area (Å²) >= 11 is 0. The van der Waals surface area contributed by atoms with Crippen LogP contribution < -0.4 is 30.9 Å². The number of aryl methyl sites for hydroxylation is 4. The molecule has 7 aromatic rings. The molecular weight excluding hydrogens is 787 g/mol. The van der Waals surface area contributed by atoms with Gasteiger partial charge in [-0.3, -0.25) is 0 Å². The fourth-order valence-electron chi connectivity index (χ4n) is 11.4. The molecule has 0 radical (unpaired) electrons. The van der Waals surface area contributed by atoms with E-state index in [0.717, 1.165) is 22.9 Å². The van der Waals surface area contributed by atoms with E-state index in [1.54, 1.807) is 0 Å². The first kappa shape index (κ1) is 42.9. The van der Waals surface area contributed by atoms with Crippen LogP contribution in [0.5, 0.6) is 11.5 Å². The molecule has 3 heterocycles. The maximum absolute atomic E-state index is 7.41. The Morgan fingerprint density at radius 1 is 0.415 bits per heavy atom. The second-order valence-corrected chi connectivity index (χ2v) is 21.6. The number of anilines is 6. The first-order chi connectivity index (χ1) is 30.8. The van der Waals surface area contributed by atoms with Crippen molar-refractivity contribution in [2.75, 3.05) is 9.80 Å². The average Bonchev–Trinajstić information content (AvgIpc) is 3.26. The van der Waals surface area contributed by atoms with Crippen molar-refractivity contribution in [2.24, 2.45) is 0 Å². The van der Waals surface area contributed by atoms with Crippen LogP contribution >= 0.6 is 0 Å². The van der Waals surface area contributed by atoms with Gasteiger partial charge in [-0.05, 0) is 132 Å². The van der Waals surface area contributed by atoms with Gasteiger partial charge in [-0.25, -0.2) is 0 Å². The lowest BCUT2D eigenvalue weighted by Gasteiger charge is -2.43. The second-order valence-electron chi connectivity index (χ2n) is 21.6. The van der Waals surface area contributed by atoms with E-state index in [0.29, 0.717) is 17.8 Å². The summed E-state index contributed by atoms with van der Waals surface area (Å²) in [6.07, 6.45) is 0. The molecule has 0 amide bonds. The van der Waals surface area contributed by atoms with E-state index >= 15 is 0 Å². The molecule has 328 valence electrons. The van der Waals surface area contributed by atoms with Gasteiger partial charge < -0.3 is 14.5 Å². The molecule has 3 aliphatic heterocycles. The minimum atomic E-state index is -0.161. The highest BCUT2D eigenvalue weighted by atomic mass is 16.5. The summed E-state index contributed by atoms with van der Waals surface area (Å²) in [6.45, 7) is 32.4. The van der Waals surface area contributed by atoms with Crippen molar-refractivity contribution in [3.63, 3.8) is 0 Å². The number of ether oxygens (including phenoxy) is 1. The zero-order chi connectivity index (χ0) is 46.0. The Hall–Kier alpha value is -6.00. The van der Waals surface area contributed by atoms with Crippen molar-refractivity contribution in [1.82, 2.24) is 0 Å². The van der Waals surface area contributed by atoms with E-state index in [-0.39, 0.29) is 17.5 Å². The second kappa shape index (κ2) is 15.3. The topological polar surface area (TPSA) is 15.7 Å². The minimum absolute atomic E-state index is 0.0248. The fourth-order valence-corrected chi connectivity index (χ4v) is 11.4. The smallest absolute Gasteiger partial charge is 0.251 e. The Morgan fingerprint density at radius 2 is 0.754 bits per heavy atom. The van der Waals surface area contributed by atoms with Gasteiger partial charge in [0.25, 0.3) is 6.71 Å². The number of hydrogen-bond donors (Lipinski definition) is 0. The highest BCUT2D eigenvalue weighted by Gasteiger charge is 2.42. The molecule has 3 nitrogen and oxygen atoms in total. The third-order valence-electron chi connectivity index (χ3n) is 15.1. The van der Waals surface area contributed by atoms with Crippen LogP contribution in [0.3, 0.4) is 0 Å². The number of hydrogen-bond acceptors (Lipinski definition) is 3. The molecule has 65 heavy (non-hydrogen) atoms. The number of nitrogens with zero attached hydrogens (tertiary/aromatic N) is 2. The van der Waals surface area contributed by atoms with Crippen LogP contribution in [0.4, 0.5) is 34.1 Å². The van der Waals surface area contributed by atoms with Gasteiger partial charge in [0, 0.05) is 34.3 Å². The highest BCUT2D eigenvalue weighted by molar-refractivity contribution is 6.97. The molecule has 0 N–H and O–H groups in total. The lowest BCUT2D eigenvalue weighted by molar-refractivity contribution is 0.487. The van der Waals surface area contributed by atoms with Crippen molar-refractivity contribution in [3.8, 4) is 11.5 Å². The molecule has 4 heteroatoms. The Labute approximate surface area is 389 Å². The normalized spacial score (nSPS) is 15.3. The van der Waals surface area contributed by atoms with E-state index in [4.69, 9.17) is 4.74 Å². The van der Waals surface area contributed by atoms with E-state index in [1.807, 2.05) is 0 Å². The van der Waals surface area contributed by atoms with Crippen LogP contribution in [0.25, 0.3) is 0 Å². The largest absolute Gasteiger partial charge is 0.458 e. The summed E-state index contributed by atoms with van der Waals surface area (Å²) in [6, 6.07) is 47.0. The van der Waals surface area contributed by atoms with Crippen LogP contribution in [0.2, 0.25) is 0 Å². The van der Waals surface area contributed by atoms with Crippen molar-refractivity contribution in [3.05, 3.63) is 183 Å². The van der Waals surface area contributed by atoms with Gasteiger partial charge in [-0.1, -0.05) is 170 Å². The molecule has 0 saturated heterocycles. The van der Waals surface area contributed by atoms with Crippen LogP contribution in [-0.2, 0) is 10.8 Å². The lowest BCUT2D eigenvalue weighted by atomic mass is 9.34. The van der Waals surface area contributed by atoms with Crippen molar-refractivity contribution in [1.29, 1.82) is 0 Å². The third-order valence-corrected chi connectivity index (χ3v) is 15.1. The molecule has 0 unspecified atom stereocenters. The summed E-state index contributed by atoms with van der Waals surface area (Å²) in [5.74, 6) is 2.92. The molecule has 7 aromatic carbocycles. The summed E-state index contributed by atoms with van der Waals surface area (Å²) in [5, 5.41) is 0. The molecule has 0 saturated carbocycles. The summed E-state index contributed by atoms with van der Waals surface area (Å²) in [5.41, 5.74) is 25.3. The van der Waals surface area contributed by atoms with Crippen molar-refractivity contribution in [2.45, 2.75) is 126 Å². The van der Waals surface area contributed by atoms with E-state index in [9.17, 15) is 0 Å². The van der Waals surface area contributed by atoms with E-state index in [1.165, 1.54) is 100 Å². The van der Waals surface area contributed by atoms with Crippen molar-refractivity contribution < 1.29 is 4.74 Å². The third kappa shape index (κ3) is 6.76. The maximum atomic E-state index is 7.41.